The summed E-state index contributed by atoms with van der Waals surface area (Å²) in [7, 11) is 0. The summed E-state index contributed by atoms with van der Waals surface area (Å²) in [5.41, 5.74) is 5.17. The third-order valence-corrected chi connectivity index (χ3v) is 6.69. The largest absolute Gasteiger partial charge is 0.480 e. The summed E-state index contributed by atoms with van der Waals surface area (Å²) in [6.45, 7) is 6.25. The van der Waals surface area contributed by atoms with E-state index in [-0.39, 0.29) is 12.5 Å². The number of aryl methyl sites for hydroxylation is 1. The quantitative estimate of drug-likeness (QED) is 0.401. The highest BCUT2D eigenvalue weighted by Crippen LogP contribution is 2.38. The Labute approximate surface area is 216 Å². The molecule has 0 bridgehead atoms. The number of hydrazone groups is 1. The van der Waals surface area contributed by atoms with Crippen LogP contribution in [0.5, 0.6) is 0 Å². The number of carbonyl (C=O) groups excluding carboxylic acids is 1. The molecule has 2 atom stereocenters. The minimum absolute atomic E-state index is 0.190. The van der Waals surface area contributed by atoms with Crippen LogP contribution >= 0.6 is 11.6 Å². The summed E-state index contributed by atoms with van der Waals surface area (Å²) in [4.78, 5) is 25.1. The number of rotatable bonds is 8. The van der Waals surface area contributed by atoms with E-state index in [0.29, 0.717) is 23.1 Å². The zero-order chi connectivity index (χ0) is 25.8. The van der Waals surface area contributed by atoms with Gasteiger partial charge in [0.1, 0.15) is 11.8 Å². The van der Waals surface area contributed by atoms with Gasteiger partial charge in [0.05, 0.1) is 11.7 Å². The minimum Gasteiger partial charge on any atom is -0.480 e. The molecule has 186 valence electrons. The maximum atomic E-state index is 13.2. The van der Waals surface area contributed by atoms with Crippen LogP contribution in [-0.2, 0) is 16.0 Å². The summed E-state index contributed by atoms with van der Waals surface area (Å²) in [5, 5.41) is 19.6. The zero-order valence-electron chi connectivity index (χ0n) is 20.6. The predicted molar refractivity (Wildman–Crippen MR) is 144 cm³/mol. The van der Waals surface area contributed by atoms with Gasteiger partial charge in [0.25, 0.3) is 5.91 Å². The van der Waals surface area contributed by atoms with Crippen LogP contribution < -0.4 is 10.3 Å². The van der Waals surface area contributed by atoms with E-state index in [4.69, 9.17) is 11.6 Å². The molecule has 0 spiro atoms. The van der Waals surface area contributed by atoms with E-state index in [2.05, 4.69) is 48.5 Å². The van der Waals surface area contributed by atoms with E-state index in [1.54, 1.807) is 6.07 Å². The van der Waals surface area contributed by atoms with E-state index in [9.17, 15) is 14.7 Å². The number of carboxylic acids is 1. The number of aliphatic carboxylic acids is 1. The highest BCUT2D eigenvalue weighted by molar-refractivity contribution is 6.40. The van der Waals surface area contributed by atoms with Crippen LogP contribution in [0.15, 0.2) is 77.9 Å². The SMILES string of the molecule is Cc1cc(Cl)ccc1N1N=C(C(=O)NC(Cc2ccccc2)C(=O)O)CC1c1ccc(C(C)C)cc1. The molecule has 1 heterocycles. The van der Waals surface area contributed by atoms with Gasteiger partial charge >= 0.3 is 5.97 Å². The highest BCUT2D eigenvalue weighted by atomic mass is 35.5. The molecule has 1 amide bonds. The number of carboxylic acid groups (broad SMARTS) is 1. The first-order valence-electron chi connectivity index (χ1n) is 12.0. The number of hydrogen-bond acceptors (Lipinski definition) is 4. The Morgan fingerprint density at radius 1 is 1.08 bits per heavy atom. The van der Waals surface area contributed by atoms with Crippen molar-refractivity contribution in [3.63, 3.8) is 0 Å². The fraction of sp³-hybridized carbons (Fsp3) is 0.276. The number of halogens is 1. The lowest BCUT2D eigenvalue weighted by atomic mass is 9.96. The number of nitrogens with zero attached hydrogens (tertiary/aromatic N) is 2. The summed E-state index contributed by atoms with van der Waals surface area (Å²) in [6.07, 6.45) is 0.544. The maximum Gasteiger partial charge on any atom is 0.326 e. The lowest BCUT2D eigenvalue weighted by Crippen LogP contribution is -2.45. The molecule has 0 saturated heterocycles. The number of amides is 1. The molecule has 0 fully saturated rings. The van der Waals surface area contributed by atoms with Crippen molar-refractivity contribution in [2.75, 3.05) is 5.01 Å². The standard InChI is InChI=1S/C29H30ClN3O3/c1-18(2)21-9-11-22(12-10-21)27-17-24(32-33(27)26-14-13-23(30)15-19(26)3)28(34)31-25(29(35)36)16-20-7-5-4-6-8-20/h4-15,18,25,27H,16-17H2,1-3H3,(H,31,34)(H,35,36). The van der Waals surface area contributed by atoms with Crippen molar-refractivity contribution >= 4 is 34.9 Å². The van der Waals surface area contributed by atoms with E-state index >= 15 is 0 Å². The predicted octanol–water partition coefficient (Wildman–Crippen LogP) is 5.89. The summed E-state index contributed by atoms with van der Waals surface area (Å²) < 4.78 is 0. The van der Waals surface area contributed by atoms with Gasteiger partial charge in [0, 0.05) is 17.9 Å². The maximum absolute atomic E-state index is 13.2. The van der Waals surface area contributed by atoms with E-state index in [1.807, 2.05) is 54.4 Å². The van der Waals surface area contributed by atoms with Gasteiger partial charge in [-0.1, -0.05) is 80.0 Å². The van der Waals surface area contributed by atoms with Crippen molar-refractivity contribution < 1.29 is 14.7 Å². The second-order valence-corrected chi connectivity index (χ2v) is 9.85. The molecule has 4 rings (SSSR count). The van der Waals surface area contributed by atoms with Crippen LogP contribution in [0.2, 0.25) is 5.02 Å². The van der Waals surface area contributed by atoms with Crippen LogP contribution in [0.3, 0.4) is 0 Å². The van der Waals surface area contributed by atoms with Gasteiger partial charge in [-0.3, -0.25) is 9.80 Å². The molecule has 1 aliphatic rings. The van der Waals surface area contributed by atoms with Crippen molar-refractivity contribution in [2.24, 2.45) is 5.10 Å². The Balaban J connectivity index is 1.62. The second kappa shape index (κ2) is 11.0. The average molecular weight is 504 g/mol. The fourth-order valence-corrected chi connectivity index (χ4v) is 4.63. The van der Waals surface area contributed by atoms with Crippen molar-refractivity contribution in [1.82, 2.24) is 5.32 Å². The number of benzene rings is 3. The van der Waals surface area contributed by atoms with Gasteiger partial charge in [-0.15, -0.1) is 0 Å². The van der Waals surface area contributed by atoms with Crippen molar-refractivity contribution in [3.05, 3.63) is 100 Å². The Kier molecular flexibility index (Phi) is 7.75. The third-order valence-electron chi connectivity index (χ3n) is 6.45. The first kappa shape index (κ1) is 25.5. The third kappa shape index (κ3) is 5.77. The molecule has 3 aromatic rings. The molecule has 3 aromatic carbocycles. The van der Waals surface area contributed by atoms with Crippen LogP contribution in [0.1, 0.15) is 54.5 Å². The van der Waals surface area contributed by atoms with Crippen molar-refractivity contribution in [1.29, 1.82) is 0 Å². The summed E-state index contributed by atoms with van der Waals surface area (Å²) >= 11 is 6.18. The Hall–Kier alpha value is -3.64. The van der Waals surface area contributed by atoms with Gasteiger partial charge in [0.2, 0.25) is 0 Å². The lowest BCUT2D eigenvalue weighted by Gasteiger charge is -2.26. The molecule has 36 heavy (non-hydrogen) atoms. The fourth-order valence-electron chi connectivity index (χ4n) is 4.40. The van der Waals surface area contributed by atoms with Crippen molar-refractivity contribution in [2.45, 2.75) is 51.6 Å². The van der Waals surface area contributed by atoms with Crippen molar-refractivity contribution in [3.8, 4) is 0 Å². The molecular formula is C29H30ClN3O3. The number of nitrogens with one attached hydrogen (secondary N) is 1. The smallest absolute Gasteiger partial charge is 0.326 e. The number of carbonyl (C=O) groups is 2. The summed E-state index contributed by atoms with van der Waals surface area (Å²) in [5.74, 6) is -1.15. The first-order valence-corrected chi connectivity index (χ1v) is 12.4. The molecule has 6 nitrogen and oxygen atoms in total. The molecule has 2 N–H and O–H groups in total. The Bertz CT molecular complexity index is 1270. The zero-order valence-corrected chi connectivity index (χ0v) is 21.4. The highest BCUT2D eigenvalue weighted by Gasteiger charge is 2.34. The number of hydrogen-bond donors (Lipinski definition) is 2. The molecule has 1 aliphatic heterocycles. The molecule has 7 heteroatoms. The molecule has 0 aliphatic carbocycles. The lowest BCUT2D eigenvalue weighted by molar-refractivity contribution is -0.141. The Morgan fingerprint density at radius 3 is 2.39 bits per heavy atom. The van der Waals surface area contributed by atoms with Gasteiger partial charge in [-0.05, 0) is 53.3 Å². The molecular weight excluding hydrogens is 474 g/mol. The molecule has 2 unspecified atom stereocenters. The van der Waals surface area contributed by atoms with E-state index < -0.39 is 17.9 Å². The van der Waals surface area contributed by atoms with Gasteiger partial charge in [-0.2, -0.15) is 5.10 Å². The van der Waals surface area contributed by atoms with Gasteiger partial charge in [-0.25, -0.2) is 4.79 Å². The van der Waals surface area contributed by atoms with Gasteiger partial charge in [0.15, 0.2) is 0 Å². The second-order valence-electron chi connectivity index (χ2n) is 9.42. The topological polar surface area (TPSA) is 82.0 Å². The molecule has 0 saturated carbocycles. The van der Waals surface area contributed by atoms with Crippen LogP contribution in [0, 0.1) is 6.92 Å². The Morgan fingerprint density at radius 2 is 1.78 bits per heavy atom. The summed E-state index contributed by atoms with van der Waals surface area (Å²) in [6, 6.07) is 21.9. The van der Waals surface area contributed by atoms with Crippen LogP contribution in [0.25, 0.3) is 0 Å². The first-order chi connectivity index (χ1) is 17.2. The minimum atomic E-state index is -1.09. The van der Waals surface area contributed by atoms with E-state index in [0.717, 1.165) is 22.4 Å². The van der Waals surface area contributed by atoms with Crippen LogP contribution in [0.4, 0.5) is 5.69 Å². The monoisotopic (exact) mass is 503 g/mol. The molecule has 0 radical (unpaired) electrons. The average Bonchev–Trinajstić information content (AvgIpc) is 3.29. The molecule has 0 aromatic heterocycles. The van der Waals surface area contributed by atoms with Gasteiger partial charge < -0.3 is 10.4 Å². The number of anilines is 1. The van der Waals surface area contributed by atoms with Crippen LogP contribution in [-0.4, -0.2) is 28.7 Å². The van der Waals surface area contributed by atoms with E-state index in [1.165, 1.54) is 5.56 Å². The normalized spacial score (nSPS) is 16.1.